The molecule has 0 saturated carbocycles. The second-order valence-corrected chi connectivity index (χ2v) is 5.46. The van der Waals surface area contributed by atoms with Gasteiger partial charge in [-0.3, -0.25) is 9.00 Å². The Kier molecular flexibility index (Phi) is 5.28. The van der Waals surface area contributed by atoms with E-state index in [1.807, 2.05) is 6.92 Å². The molecule has 0 aliphatic rings. The molecular weight excluding hydrogens is 241 g/mol. The molecule has 17 heavy (non-hydrogen) atoms. The normalized spacial score (nSPS) is 14.1. The van der Waals surface area contributed by atoms with Gasteiger partial charge < -0.3 is 5.32 Å². The van der Waals surface area contributed by atoms with Crippen molar-refractivity contribution in [2.75, 3.05) is 6.54 Å². The molecule has 2 atom stereocenters. The van der Waals surface area contributed by atoms with Crippen LogP contribution < -0.4 is 5.32 Å². The average Bonchev–Trinajstić information content (AvgIpc) is 2.35. The van der Waals surface area contributed by atoms with Crippen molar-refractivity contribution in [2.45, 2.75) is 30.4 Å². The highest BCUT2D eigenvalue weighted by Crippen LogP contribution is 2.12. The van der Waals surface area contributed by atoms with E-state index in [0.29, 0.717) is 11.4 Å². The Morgan fingerprint density at radius 3 is 2.53 bits per heavy atom. The van der Waals surface area contributed by atoms with Gasteiger partial charge in [-0.1, -0.05) is 6.92 Å². The van der Waals surface area contributed by atoms with Crippen molar-refractivity contribution in [2.24, 2.45) is 0 Å². The van der Waals surface area contributed by atoms with Gasteiger partial charge in [0.25, 0.3) is 0 Å². The van der Waals surface area contributed by atoms with Crippen LogP contribution in [0.15, 0.2) is 29.2 Å². The molecule has 0 heterocycles. The molecule has 0 bridgehead atoms. The van der Waals surface area contributed by atoms with Gasteiger partial charge in [0.2, 0.25) is 5.91 Å². The minimum Gasteiger partial charge on any atom is -0.355 e. The van der Waals surface area contributed by atoms with Crippen LogP contribution in [0, 0.1) is 5.82 Å². The molecule has 5 heteroatoms. The number of hydrogen-bond acceptors (Lipinski definition) is 2. The highest BCUT2D eigenvalue weighted by Gasteiger charge is 2.20. The first-order valence-corrected chi connectivity index (χ1v) is 6.71. The van der Waals surface area contributed by atoms with Gasteiger partial charge in [0.15, 0.2) is 0 Å². The van der Waals surface area contributed by atoms with E-state index in [-0.39, 0.29) is 11.7 Å². The van der Waals surface area contributed by atoms with Crippen molar-refractivity contribution in [1.82, 2.24) is 5.32 Å². The van der Waals surface area contributed by atoms with Crippen molar-refractivity contribution >= 4 is 16.7 Å². The molecular formula is C12H16FNO2S. The summed E-state index contributed by atoms with van der Waals surface area (Å²) in [5.41, 5.74) is 0. The molecule has 0 aromatic heterocycles. The van der Waals surface area contributed by atoms with Crippen molar-refractivity contribution in [3.63, 3.8) is 0 Å². The first kappa shape index (κ1) is 13.8. The Balaban J connectivity index is 2.69. The van der Waals surface area contributed by atoms with E-state index >= 15 is 0 Å². The van der Waals surface area contributed by atoms with Crippen LogP contribution >= 0.6 is 0 Å². The summed E-state index contributed by atoms with van der Waals surface area (Å²) in [6, 6.07) is 5.36. The fraction of sp³-hybridized carbons (Fsp3) is 0.417. The summed E-state index contributed by atoms with van der Waals surface area (Å²) < 4.78 is 24.7. The summed E-state index contributed by atoms with van der Waals surface area (Å²) in [6.07, 6.45) is 0.835. The summed E-state index contributed by atoms with van der Waals surface area (Å²) in [5, 5.41) is 2.06. The number of rotatable bonds is 5. The lowest BCUT2D eigenvalue weighted by Crippen LogP contribution is -2.35. The third-order valence-corrected chi connectivity index (χ3v) is 3.88. The molecule has 0 aliphatic carbocycles. The zero-order chi connectivity index (χ0) is 12.8. The van der Waals surface area contributed by atoms with E-state index in [9.17, 15) is 13.4 Å². The number of hydrogen-bond donors (Lipinski definition) is 1. The van der Waals surface area contributed by atoms with Gasteiger partial charge >= 0.3 is 0 Å². The number of halogens is 1. The minimum absolute atomic E-state index is 0.241. The van der Waals surface area contributed by atoms with Crippen LogP contribution in [0.25, 0.3) is 0 Å². The van der Waals surface area contributed by atoms with Gasteiger partial charge in [-0.25, -0.2) is 4.39 Å². The average molecular weight is 257 g/mol. The number of benzene rings is 1. The Morgan fingerprint density at radius 1 is 1.41 bits per heavy atom. The van der Waals surface area contributed by atoms with Crippen LogP contribution in [0.1, 0.15) is 20.3 Å². The molecule has 1 amide bonds. The van der Waals surface area contributed by atoms with Crippen LogP contribution in [0.3, 0.4) is 0 Å². The van der Waals surface area contributed by atoms with Crippen LogP contribution in [0.4, 0.5) is 4.39 Å². The standard InChI is InChI=1S/C12H16FNO2S/c1-3-8-14-12(15)9(2)17(16)11-6-4-10(13)5-7-11/h4-7,9H,3,8H2,1-2H3,(H,14,15). The van der Waals surface area contributed by atoms with Crippen LogP contribution in [-0.2, 0) is 15.6 Å². The second kappa shape index (κ2) is 6.49. The zero-order valence-electron chi connectivity index (χ0n) is 9.90. The monoisotopic (exact) mass is 257 g/mol. The lowest BCUT2D eigenvalue weighted by molar-refractivity contribution is -0.120. The minimum atomic E-state index is -1.45. The number of carbonyl (C=O) groups is 1. The summed E-state index contributed by atoms with van der Waals surface area (Å²) in [4.78, 5) is 12.1. The molecule has 0 saturated heterocycles. The third kappa shape index (κ3) is 3.93. The Hall–Kier alpha value is -1.23. The first-order chi connectivity index (χ1) is 8.06. The second-order valence-electron chi connectivity index (χ2n) is 3.68. The SMILES string of the molecule is CCCNC(=O)C(C)S(=O)c1ccc(F)cc1. The molecule has 1 aromatic rings. The summed E-state index contributed by atoms with van der Waals surface area (Å²) in [7, 11) is -1.45. The fourth-order valence-corrected chi connectivity index (χ4v) is 2.35. The topological polar surface area (TPSA) is 46.2 Å². The summed E-state index contributed by atoms with van der Waals surface area (Å²) >= 11 is 0. The van der Waals surface area contributed by atoms with Crippen molar-refractivity contribution in [1.29, 1.82) is 0 Å². The van der Waals surface area contributed by atoms with Crippen LogP contribution in [-0.4, -0.2) is 21.9 Å². The van der Waals surface area contributed by atoms with Crippen molar-refractivity contribution in [3.05, 3.63) is 30.1 Å². The van der Waals surface area contributed by atoms with E-state index in [0.717, 1.165) is 6.42 Å². The zero-order valence-corrected chi connectivity index (χ0v) is 10.7. The lowest BCUT2D eigenvalue weighted by Gasteiger charge is -2.11. The number of nitrogens with one attached hydrogen (secondary N) is 1. The molecule has 0 spiro atoms. The first-order valence-electron chi connectivity index (χ1n) is 5.50. The largest absolute Gasteiger partial charge is 0.355 e. The van der Waals surface area contributed by atoms with Gasteiger partial charge in [-0.2, -0.15) is 0 Å². The third-order valence-electron chi connectivity index (χ3n) is 2.29. The Morgan fingerprint density at radius 2 is 2.00 bits per heavy atom. The molecule has 2 unspecified atom stereocenters. The molecule has 0 radical (unpaired) electrons. The van der Waals surface area contributed by atoms with E-state index in [1.54, 1.807) is 6.92 Å². The fourth-order valence-electron chi connectivity index (χ4n) is 1.26. The predicted octanol–water partition coefficient (Wildman–Crippen LogP) is 1.85. The molecule has 1 aromatic carbocycles. The summed E-state index contributed by atoms with van der Waals surface area (Å²) in [5.74, 6) is -0.622. The number of carbonyl (C=O) groups excluding carboxylic acids is 1. The Labute approximate surface area is 103 Å². The Bertz CT molecular complexity index is 405. The van der Waals surface area contributed by atoms with E-state index in [4.69, 9.17) is 0 Å². The maximum atomic E-state index is 12.7. The maximum Gasteiger partial charge on any atom is 0.235 e. The molecule has 0 fully saturated rings. The van der Waals surface area contributed by atoms with E-state index < -0.39 is 16.0 Å². The maximum absolute atomic E-state index is 12.7. The van der Waals surface area contributed by atoms with Crippen LogP contribution in [0.5, 0.6) is 0 Å². The van der Waals surface area contributed by atoms with Gasteiger partial charge in [0.1, 0.15) is 11.1 Å². The van der Waals surface area contributed by atoms with E-state index in [2.05, 4.69) is 5.32 Å². The molecule has 0 aliphatic heterocycles. The summed E-state index contributed by atoms with van der Waals surface area (Å²) in [6.45, 7) is 4.12. The van der Waals surface area contributed by atoms with Gasteiger partial charge in [0, 0.05) is 11.4 Å². The molecule has 1 N–H and O–H groups in total. The molecule has 94 valence electrons. The quantitative estimate of drug-likeness (QED) is 0.875. The van der Waals surface area contributed by atoms with Crippen LogP contribution in [0.2, 0.25) is 0 Å². The predicted molar refractivity (Wildman–Crippen MR) is 65.6 cm³/mol. The van der Waals surface area contributed by atoms with Crippen molar-refractivity contribution in [3.8, 4) is 0 Å². The highest BCUT2D eigenvalue weighted by atomic mass is 32.2. The molecule has 1 rings (SSSR count). The lowest BCUT2D eigenvalue weighted by atomic mass is 10.3. The van der Waals surface area contributed by atoms with Gasteiger partial charge in [-0.05, 0) is 37.6 Å². The van der Waals surface area contributed by atoms with Gasteiger partial charge in [-0.15, -0.1) is 0 Å². The van der Waals surface area contributed by atoms with Crippen molar-refractivity contribution < 1.29 is 13.4 Å². The number of amides is 1. The highest BCUT2D eigenvalue weighted by molar-refractivity contribution is 7.86. The van der Waals surface area contributed by atoms with Gasteiger partial charge in [0.05, 0.1) is 10.8 Å². The molecule has 3 nitrogen and oxygen atoms in total. The smallest absolute Gasteiger partial charge is 0.235 e. The van der Waals surface area contributed by atoms with E-state index in [1.165, 1.54) is 24.3 Å².